The molecule has 6 rings (SSSR count). The highest BCUT2D eigenvalue weighted by molar-refractivity contribution is 7.88. The molecule has 0 radical (unpaired) electrons. The maximum Gasteiger partial charge on any atom is 0.218 e. The summed E-state index contributed by atoms with van der Waals surface area (Å²) in [4.78, 5) is 0. The Labute approximate surface area is 260 Å². The molecule has 2 atom stereocenters. The summed E-state index contributed by atoms with van der Waals surface area (Å²) in [7, 11) is -3.82. The van der Waals surface area contributed by atoms with Crippen molar-refractivity contribution in [2.45, 2.75) is 38.4 Å². The van der Waals surface area contributed by atoms with Gasteiger partial charge in [0.1, 0.15) is 11.6 Å². The van der Waals surface area contributed by atoms with Crippen LogP contribution in [-0.4, -0.2) is 35.6 Å². The molecule has 1 fully saturated rings. The molecule has 0 saturated heterocycles. The van der Waals surface area contributed by atoms with Crippen LogP contribution in [0.1, 0.15) is 42.1 Å². The molecule has 1 heterocycles. The average Bonchev–Trinajstić information content (AvgIpc) is 3.51. The van der Waals surface area contributed by atoms with Crippen molar-refractivity contribution in [3.05, 3.63) is 123 Å². The Morgan fingerprint density at radius 3 is 2.56 bits per heavy atom. The van der Waals surface area contributed by atoms with Crippen LogP contribution in [0.15, 0.2) is 78.5 Å². The Morgan fingerprint density at radius 1 is 1.05 bits per heavy atom. The number of hydrogen-bond acceptors (Lipinski definition) is 3. The third kappa shape index (κ3) is 6.03. The van der Waals surface area contributed by atoms with Crippen LogP contribution in [0.2, 0.25) is 10.0 Å². The molecule has 10 heteroatoms. The Bertz CT molecular complexity index is 1810. The minimum absolute atomic E-state index is 0.0390. The predicted molar refractivity (Wildman–Crippen MR) is 167 cm³/mol. The smallest absolute Gasteiger partial charge is 0.218 e. The second kappa shape index (κ2) is 11.8. The molecule has 4 aromatic rings. The Balaban J connectivity index is 1.28. The quantitative estimate of drug-likeness (QED) is 0.187. The van der Waals surface area contributed by atoms with E-state index >= 15 is 0 Å². The summed E-state index contributed by atoms with van der Waals surface area (Å²) in [5.74, 6) is -0.892. The van der Waals surface area contributed by atoms with E-state index in [4.69, 9.17) is 23.2 Å². The topological polar surface area (TPSA) is 55.2 Å². The lowest BCUT2D eigenvalue weighted by atomic mass is 9.70. The largest absolute Gasteiger partial charge is 0.233 e. The van der Waals surface area contributed by atoms with E-state index in [1.807, 2.05) is 10.9 Å². The van der Waals surface area contributed by atoms with E-state index in [0.717, 1.165) is 29.8 Å². The summed E-state index contributed by atoms with van der Waals surface area (Å²) >= 11 is 12.4. The van der Waals surface area contributed by atoms with Crippen LogP contribution in [0.25, 0.3) is 11.8 Å². The van der Waals surface area contributed by atoms with Crippen LogP contribution in [0.4, 0.5) is 8.78 Å². The van der Waals surface area contributed by atoms with Crippen LogP contribution < -0.4 is 0 Å². The van der Waals surface area contributed by atoms with E-state index in [1.165, 1.54) is 28.1 Å². The lowest BCUT2D eigenvalue weighted by molar-refractivity contribution is 0.221. The molecule has 1 saturated carbocycles. The van der Waals surface area contributed by atoms with E-state index in [-0.39, 0.29) is 41.7 Å². The molecule has 5 nitrogen and oxygen atoms in total. The molecular formula is C33H31Cl2F2N3O2S. The zero-order valence-corrected chi connectivity index (χ0v) is 25.9. The monoisotopic (exact) mass is 641 g/mol. The van der Waals surface area contributed by atoms with Gasteiger partial charge in [0, 0.05) is 23.1 Å². The van der Waals surface area contributed by atoms with E-state index in [2.05, 4.69) is 18.1 Å². The lowest BCUT2D eigenvalue weighted by Crippen LogP contribution is -2.42. The predicted octanol–water partition coefficient (Wildman–Crippen LogP) is 7.89. The van der Waals surface area contributed by atoms with Gasteiger partial charge in [0.2, 0.25) is 10.0 Å². The van der Waals surface area contributed by atoms with E-state index in [0.29, 0.717) is 34.1 Å². The normalized spacial score (nSPS) is 19.8. The van der Waals surface area contributed by atoms with Gasteiger partial charge >= 0.3 is 0 Å². The first-order valence-corrected chi connectivity index (χ1v) is 16.6. The Morgan fingerprint density at radius 2 is 1.81 bits per heavy atom. The van der Waals surface area contributed by atoms with E-state index in [9.17, 15) is 17.2 Å². The first-order chi connectivity index (χ1) is 20.5. The van der Waals surface area contributed by atoms with Crippen molar-refractivity contribution in [2.24, 2.45) is 11.3 Å². The highest BCUT2D eigenvalue weighted by Gasteiger charge is 2.47. The third-order valence-electron chi connectivity index (χ3n) is 8.98. The van der Waals surface area contributed by atoms with Crippen molar-refractivity contribution in [3.63, 3.8) is 0 Å². The molecule has 2 aliphatic carbocycles. The zero-order valence-electron chi connectivity index (χ0n) is 23.6. The number of allylic oxidation sites excluding steroid dienone is 1. The minimum atomic E-state index is -3.82. The van der Waals surface area contributed by atoms with Crippen LogP contribution in [-0.2, 0) is 28.6 Å². The lowest BCUT2D eigenvalue weighted by Gasteiger charge is -2.38. The number of aromatic nitrogens is 2. The van der Waals surface area contributed by atoms with Gasteiger partial charge in [-0.05, 0) is 102 Å². The number of rotatable bonds is 9. The second-order valence-electron chi connectivity index (χ2n) is 11.6. The number of sulfonamides is 1. The van der Waals surface area contributed by atoms with Crippen LogP contribution in [0.3, 0.4) is 0 Å². The number of halogens is 4. The van der Waals surface area contributed by atoms with Gasteiger partial charge in [0.15, 0.2) is 0 Å². The fourth-order valence-electron chi connectivity index (χ4n) is 6.48. The minimum Gasteiger partial charge on any atom is -0.233 e. The maximum absolute atomic E-state index is 14.5. The van der Waals surface area contributed by atoms with Crippen molar-refractivity contribution in [1.82, 2.24) is 14.1 Å². The molecule has 0 aliphatic heterocycles. The van der Waals surface area contributed by atoms with Crippen LogP contribution >= 0.6 is 23.2 Å². The van der Waals surface area contributed by atoms with Gasteiger partial charge < -0.3 is 0 Å². The second-order valence-corrected chi connectivity index (χ2v) is 14.4. The van der Waals surface area contributed by atoms with E-state index in [1.54, 1.807) is 48.5 Å². The van der Waals surface area contributed by atoms with Crippen molar-refractivity contribution in [3.8, 4) is 5.69 Å². The summed E-state index contributed by atoms with van der Waals surface area (Å²) in [5, 5.41) is 5.32. The molecule has 0 spiro atoms. The summed E-state index contributed by atoms with van der Waals surface area (Å²) in [6, 6.07) is 17.5. The third-order valence-corrected chi connectivity index (χ3v) is 11.4. The van der Waals surface area contributed by atoms with Gasteiger partial charge in [-0.2, -0.15) is 5.10 Å². The van der Waals surface area contributed by atoms with Crippen LogP contribution in [0.5, 0.6) is 0 Å². The molecule has 0 N–H and O–H groups in total. The summed E-state index contributed by atoms with van der Waals surface area (Å²) in [6.45, 7) is 2.65. The first-order valence-electron chi connectivity index (χ1n) is 14.2. The molecule has 2 aliphatic rings. The molecule has 224 valence electrons. The van der Waals surface area contributed by atoms with Crippen molar-refractivity contribution in [2.75, 3.05) is 13.1 Å². The summed E-state index contributed by atoms with van der Waals surface area (Å²) in [6.07, 6.45) is 6.64. The van der Waals surface area contributed by atoms with E-state index < -0.39 is 10.0 Å². The molecule has 3 aromatic carbocycles. The van der Waals surface area contributed by atoms with Crippen molar-refractivity contribution < 1.29 is 17.2 Å². The van der Waals surface area contributed by atoms with Crippen LogP contribution in [0, 0.1) is 23.0 Å². The number of benzene rings is 3. The zero-order chi connectivity index (χ0) is 30.4. The molecule has 1 aromatic heterocycles. The highest BCUT2D eigenvalue weighted by Crippen LogP contribution is 2.53. The molecule has 0 bridgehead atoms. The fraction of sp³-hybridized carbons (Fsp3) is 0.303. The SMILES string of the molecule is C[C@]12Cc3cnn(-c4ccc(F)cc4)c3C=C1CCC2CN(CCc1ccccc1F)S(=O)(=O)Cc1ccc(Cl)cc1Cl. The van der Waals surface area contributed by atoms with Gasteiger partial charge in [-0.25, -0.2) is 26.2 Å². The highest BCUT2D eigenvalue weighted by atomic mass is 35.5. The molecular weight excluding hydrogens is 611 g/mol. The molecule has 0 amide bonds. The van der Waals surface area contributed by atoms with Gasteiger partial charge in [-0.3, -0.25) is 0 Å². The summed E-state index contributed by atoms with van der Waals surface area (Å²) < 4.78 is 59.3. The number of nitrogens with zero attached hydrogens (tertiary/aromatic N) is 3. The van der Waals surface area contributed by atoms with Gasteiger partial charge in [-0.15, -0.1) is 0 Å². The maximum atomic E-state index is 14.5. The number of fused-ring (bicyclic) bond motifs is 2. The van der Waals surface area contributed by atoms with Crippen molar-refractivity contribution in [1.29, 1.82) is 0 Å². The Hall–Kier alpha value is -3.04. The van der Waals surface area contributed by atoms with Gasteiger partial charge in [-0.1, -0.05) is 60.0 Å². The standard InChI is InChI=1S/C33H31Cl2F2N3O2S/c1-33-18-24-19-38-40(29-12-10-28(36)11-13-29)32(24)16-25(33)7-8-26(33)20-39(15-14-22-4-2-3-5-31(22)37)43(41,42)21-23-6-9-27(34)17-30(23)35/h2-6,9-13,16-17,19,26H,7-8,14-15,18,20-21H2,1H3/t26?,33-/m0/s1. The van der Waals surface area contributed by atoms with Gasteiger partial charge in [0.25, 0.3) is 0 Å². The Kier molecular flexibility index (Phi) is 8.24. The molecule has 1 unspecified atom stereocenters. The summed E-state index contributed by atoms with van der Waals surface area (Å²) in [5.41, 5.74) is 4.74. The van der Waals surface area contributed by atoms with Gasteiger partial charge in [0.05, 0.1) is 23.3 Å². The molecule has 43 heavy (non-hydrogen) atoms. The fourth-order valence-corrected chi connectivity index (χ4v) is 8.64. The average molecular weight is 643 g/mol. The number of hydrogen-bond donors (Lipinski definition) is 0. The van der Waals surface area contributed by atoms with Crippen molar-refractivity contribution >= 4 is 39.3 Å². The first kappa shape index (κ1) is 30.0.